The van der Waals surface area contributed by atoms with E-state index in [1.807, 2.05) is 54.7 Å². The number of aromatic hydroxyl groups is 1. The molecule has 0 aliphatic rings. The first-order valence-electron chi connectivity index (χ1n) is 18.8. The van der Waals surface area contributed by atoms with Crippen molar-refractivity contribution in [3.05, 3.63) is 205 Å². The summed E-state index contributed by atoms with van der Waals surface area (Å²) in [6.07, 6.45) is 2.76. The molecule has 1 N–H and O–H groups in total. The summed E-state index contributed by atoms with van der Waals surface area (Å²) in [7, 11) is 0. The number of aromatic nitrogens is 2. The molecule has 0 saturated carbocycles. The average molecular weight is 732 g/mol. The molecule has 0 aliphatic heterocycles. The maximum Gasteiger partial charge on any atom is 0.138 e. The van der Waals surface area contributed by atoms with E-state index in [2.05, 4.69) is 117 Å². The number of anilines is 3. The van der Waals surface area contributed by atoms with Gasteiger partial charge in [-0.1, -0.05) is 118 Å². The number of para-hydroxylation sites is 2. The summed E-state index contributed by atoms with van der Waals surface area (Å²) in [6.45, 7) is 6.62. The van der Waals surface area contributed by atoms with Gasteiger partial charge >= 0.3 is 0 Å². The summed E-state index contributed by atoms with van der Waals surface area (Å²) in [6, 6.07) is 58.0. The zero-order valence-corrected chi connectivity index (χ0v) is 31.7. The zero-order chi connectivity index (χ0) is 38.6. The van der Waals surface area contributed by atoms with Gasteiger partial charge in [-0.05, 0) is 130 Å². The minimum Gasteiger partial charge on any atom is -0.507 e. The lowest BCUT2D eigenvalue weighted by Gasteiger charge is -2.28. The molecule has 0 fully saturated rings. The van der Waals surface area contributed by atoms with Gasteiger partial charge in [0.2, 0.25) is 0 Å². The van der Waals surface area contributed by atoms with Crippen LogP contribution in [0.1, 0.15) is 37.5 Å². The van der Waals surface area contributed by atoms with E-state index < -0.39 is 0 Å². The van der Waals surface area contributed by atoms with Crippen LogP contribution in [0.2, 0.25) is 0 Å². The van der Waals surface area contributed by atoms with Crippen LogP contribution >= 0.6 is 0 Å². The Morgan fingerprint density at radius 3 is 1.88 bits per heavy atom. The second-order valence-electron chi connectivity index (χ2n) is 15.1. The average Bonchev–Trinajstić information content (AvgIpc) is 3.22. The Morgan fingerprint density at radius 1 is 0.536 bits per heavy atom. The molecular formula is C51H42FN3O. The lowest BCUT2D eigenvalue weighted by molar-refractivity contribution is 0.477. The van der Waals surface area contributed by atoms with Crippen molar-refractivity contribution < 1.29 is 9.50 Å². The van der Waals surface area contributed by atoms with Crippen molar-refractivity contribution in [2.45, 2.75) is 32.6 Å². The lowest BCUT2D eigenvalue weighted by atomic mass is 9.85. The summed E-state index contributed by atoms with van der Waals surface area (Å²) in [5.74, 6) is 0.616. The number of nitrogens with zero attached hydrogens (tertiary/aromatic N) is 3. The molecule has 0 spiro atoms. The third-order valence-corrected chi connectivity index (χ3v) is 10.0. The smallest absolute Gasteiger partial charge is 0.138 e. The van der Waals surface area contributed by atoms with Crippen LogP contribution in [0.25, 0.3) is 44.8 Å². The molecule has 0 aliphatic carbocycles. The minimum atomic E-state index is -0.301. The highest BCUT2D eigenvalue weighted by Gasteiger charge is 2.22. The fourth-order valence-electron chi connectivity index (χ4n) is 6.99. The second-order valence-corrected chi connectivity index (χ2v) is 15.1. The third-order valence-electron chi connectivity index (χ3n) is 10.0. The van der Waals surface area contributed by atoms with Crippen molar-refractivity contribution in [3.8, 4) is 50.5 Å². The van der Waals surface area contributed by atoms with Gasteiger partial charge in [0.05, 0.1) is 11.4 Å². The van der Waals surface area contributed by atoms with Gasteiger partial charge in [0.15, 0.2) is 0 Å². The maximum atomic E-state index is 14.1. The van der Waals surface area contributed by atoms with Gasteiger partial charge in [0.25, 0.3) is 0 Å². The Bertz CT molecular complexity index is 2600. The van der Waals surface area contributed by atoms with Crippen LogP contribution < -0.4 is 4.90 Å². The highest BCUT2D eigenvalue weighted by Crippen LogP contribution is 2.41. The van der Waals surface area contributed by atoms with Crippen molar-refractivity contribution in [2.24, 2.45) is 0 Å². The van der Waals surface area contributed by atoms with E-state index in [0.717, 1.165) is 62.7 Å². The van der Waals surface area contributed by atoms with Crippen LogP contribution in [0.5, 0.6) is 5.75 Å². The predicted octanol–water partition coefficient (Wildman–Crippen LogP) is 13.3. The van der Waals surface area contributed by atoms with Gasteiger partial charge in [-0.2, -0.15) is 0 Å². The van der Waals surface area contributed by atoms with Crippen molar-refractivity contribution >= 4 is 17.2 Å². The summed E-state index contributed by atoms with van der Waals surface area (Å²) in [5.41, 5.74) is 12.1. The summed E-state index contributed by atoms with van der Waals surface area (Å²) in [4.78, 5) is 12.3. The van der Waals surface area contributed by atoms with E-state index in [-0.39, 0.29) is 17.0 Å². The molecule has 8 rings (SSSR count). The highest BCUT2D eigenvalue weighted by atomic mass is 19.1. The number of benzene rings is 6. The largest absolute Gasteiger partial charge is 0.507 e. The molecule has 0 atom stereocenters. The molecule has 274 valence electrons. The van der Waals surface area contributed by atoms with Crippen LogP contribution in [0.15, 0.2) is 182 Å². The van der Waals surface area contributed by atoms with Crippen LogP contribution in [0, 0.1) is 5.82 Å². The first-order chi connectivity index (χ1) is 27.2. The van der Waals surface area contributed by atoms with Crippen LogP contribution in [0.4, 0.5) is 21.6 Å². The van der Waals surface area contributed by atoms with Crippen LogP contribution in [-0.2, 0) is 11.8 Å². The third kappa shape index (κ3) is 7.98. The fourth-order valence-corrected chi connectivity index (χ4v) is 6.99. The monoisotopic (exact) mass is 731 g/mol. The van der Waals surface area contributed by atoms with Gasteiger partial charge in [-0.15, -0.1) is 0 Å². The number of phenolic OH excluding ortho intramolecular Hbond substituents is 1. The topological polar surface area (TPSA) is 49.3 Å². The Labute approximate surface area is 328 Å². The Kier molecular flexibility index (Phi) is 9.99. The number of hydrogen-bond donors (Lipinski definition) is 1. The highest BCUT2D eigenvalue weighted by molar-refractivity contribution is 5.83. The molecule has 0 radical (unpaired) electrons. The zero-order valence-electron chi connectivity index (χ0n) is 31.7. The molecule has 0 bridgehead atoms. The second kappa shape index (κ2) is 15.5. The van der Waals surface area contributed by atoms with E-state index in [9.17, 15) is 9.50 Å². The molecule has 4 nitrogen and oxygen atoms in total. The standard InChI is InChI=1S/C51H42FN3O/c1-51(2,3)42-29-41(47-31-40(38-22-24-43(52)25-23-38)32-48(54-47)46-16-10-11-17-49(46)56)30-45(34-42)55(44-14-8-5-9-15-44)50-33-39(26-27-53-50)37-20-18-36(19-21-37)28-35-12-6-4-7-13-35/h4-27,29-34,56H,28H2,1-3H3. The lowest BCUT2D eigenvalue weighted by Crippen LogP contribution is -2.16. The molecule has 6 aromatic carbocycles. The molecule has 0 unspecified atom stereocenters. The predicted molar refractivity (Wildman–Crippen MR) is 228 cm³/mol. The van der Waals surface area contributed by atoms with Gasteiger partial charge in [-0.25, -0.2) is 14.4 Å². The van der Waals surface area contributed by atoms with Crippen LogP contribution in [0.3, 0.4) is 0 Å². The molecule has 8 aromatic rings. The molecule has 0 saturated heterocycles. The molecule has 0 amide bonds. The van der Waals surface area contributed by atoms with Crippen LogP contribution in [-0.4, -0.2) is 15.1 Å². The Balaban J connectivity index is 1.26. The van der Waals surface area contributed by atoms with Gasteiger partial charge in [0.1, 0.15) is 17.4 Å². The van der Waals surface area contributed by atoms with E-state index in [0.29, 0.717) is 11.3 Å². The summed E-state index contributed by atoms with van der Waals surface area (Å²) < 4.78 is 14.1. The van der Waals surface area contributed by atoms with Crippen molar-refractivity contribution in [3.63, 3.8) is 0 Å². The molecule has 2 heterocycles. The van der Waals surface area contributed by atoms with E-state index >= 15 is 0 Å². The minimum absolute atomic E-state index is 0.137. The number of hydrogen-bond acceptors (Lipinski definition) is 4. The number of pyridine rings is 2. The summed E-state index contributed by atoms with van der Waals surface area (Å²) >= 11 is 0. The van der Waals surface area contributed by atoms with E-state index in [1.165, 1.54) is 23.3 Å². The van der Waals surface area contributed by atoms with E-state index in [4.69, 9.17) is 9.97 Å². The fraction of sp³-hybridized carbons (Fsp3) is 0.0980. The SMILES string of the molecule is CC(C)(C)c1cc(-c2cc(-c3ccc(F)cc3)cc(-c3ccccc3O)n2)cc(N(c2ccccc2)c2cc(-c3ccc(Cc4ccccc4)cc3)ccn2)c1. The summed E-state index contributed by atoms with van der Waals surface area (Å²) in [5, 5.41) is 10.9. The molecule has 2 aromatic heterocycles. The van der Waals surface area contributed by atoms with Crippen molar-refractivity contribution in [1.29, 1.82) is 0 Å². The molecule has 5 heteroatoms. The Morgan fingerprint density at radius 2 is 1.16 bits per heavy atom. The first kappa shape index (κ1) is 36.1. The van der Waals surface area contributed by atoms with E-state index in [1.54, 1.807) is 24.3 Å². The Hall–Kier alpha value is -6.85. The number of halogens is 1. The number of rotatable bonds is 9. The normalized spacial score (nSPS) is 11.4. The van der Waals surface area contributed by atoms with Gasteiger partial charge < -0.3 is 5.11 Å². The number of phenols is 1. The van der Waals surface area contributed by atoms with Gasteiger partial charge in [-0.3, -0.25) is 4.90 Å². The van der Waals surface area contributed by atoms with Crippen molar-refractivity contribution in [1.82, 2.24) is 9.97 Å². The molecule has 56 heavy (non-hydrogen) atoms. The van der Waals surface area contributed by atoms with Crippen molar-refractivity contribution in [2.75, 3.05) is 4.90 Å². The first-order valence-corrected chi connectivity index (χ1v) is 18.8. The van der Waals surface area contributed by atoms with Gasteiger partial charge in [0, 0.05) is 28.7 Å². The quantitative estimate of drug-likeness (QED) is 0.161. The maximum absolute atomic E-state index is 14.1. The molecular weight excluding hydrogens is 690 g/mol.